The van der Waals surface area contributed by atoms with E-state index in [1.807, 2.05) is 7.05 Å². The van der Waals surface area contributed by atoms with Gasteiger partial charge >= 0.3 is 12.0 Å². The minimum absolute atomic E-state index is 0.0464. The molecule has 5 nitrogen and oxygen atoms in total. The summed E-state index contributed by atoms with van der Waals surface area (Å²) in [7, 11) is 1.83. The van der Waals surface area contributed by atoms with Crippen molar-refractivity contribution in [3.05, 3.63) is 0 Å². The van der Waals surface area contributed by atoms with E-state index in [9.17, 15) is 9.59 Å². The van der Waals surface area contributed by atoms with Gasteiger partial charge in [-0.2, -0.15) is 0 Å². The fourth-order valence-electron chi connectivity index (χ4n) is 2.53. The van der Waals surface area contributed by atoms with E-state index in [-0.39, 0.29) is 11.9 Å². The summed E-state index contributed by atoms with van der Waals surface area (Å²) in [6, 6.07) is -0.0464. The molecule has 1 unspecified atom stereocenters. The van der Waals surface area contributed by atoms with Crippen molar-refractivity contribution in [1.29, 1.82) is 0 Å². The van der Waals surface area contributed by atoms with Gasteiger partial charge in [-0.3, -0.25) is 4.79 Å². The third kappa shape index (κ3) is 5.94. The summed E-state index contributed by atoms with van der Waals surface area (Å²) in [6.07, 6.45) is 6.33. The Morgan fingerprint density at radius 1 is 1.37 bits per heavy atom. The molecule has 5 heteroatoms. The number of amides is 2. The average molecular weight is 270 g/mol. The molecule has 1 fully saturated rings. The number of carboxylic acids is 1. The topological polar surface area (TPSA) is 69.6 Å². The summed E-state index contributed by atoms with van der Waals surface area (Å²) in [4.78, 5) is 24.2. The van der Waals surface area contributed by atoms with Gasteiger partial charge in [0.1, 0.15) is 0 Å². The summed E-state index contributed by atoms with van der Waals surface area (Å²) < 4.78 is 0. The van der Waals surface area contributed by atoms with Crippen molar-refractivity contribution in [3.8, 4) is 0 Å². The van der Waals surface area contributed by atoms with Crippen molar-refractivity contribution < 1.29 is 14.7 Å². The first-order valence-electron chi connectivity index (χ1n) is 7.22. The van der Waals surface area contributed by atoms with Gasteiger partial charge in [0.15, 0.2) is 0 Å². The lowest BCUT2D eigenvalue weighted by atomic mass is 10.1. The maximum Gasteiger partial charge on any atom is 0.317 e. The summed E-state index contributed by atoms with van der Waals surface area (Å²) in [5.41, 5.74) is 0. The molecule has 2 N–H and O–H groups in total. The van der Waals surface area contributed by atoms with Gasteiger partial charge in [-0.1, -0.05) is 19.8 Å². The van der Waals surface area contributed by atoms with E-state index >= 15 is 0 Å². The van der Waals surface area contributed by atoms with Crippen LogP contribution in [0.1, 0.15) is 45.4 Å². The van der Waals surface area contributed by atoms with E-state index in [0.717, 1.165) is 6.54 Å². The van der Waals surface area contributed by atoms with Crippen LogP contribution in [0.15, 0.2) is 0 Å². The number of hydrogen-bond donors (Lipinski definition) is 2. The molecular formula is C14H26N2O3. The number of carbonyl (C=O) groups is 2. The van der Waals surface area contributed by atoms with Crippen LogP contribution in [0.5, 0.6) is 0 Å². The second kappa shape index (κ2) is 8.02. The van der Waals surface area contributed by atoms with Crippen molar-refractivity contribution in [1.82, 2.24) is 10.2 Å². The number of aliphatic carboxylic acids is 1. The number of carboxylic acid groups (broad SMARTS) is 1. The van der Waals surface area contributed by atoms with Crippen molar-refractivity contribution in [2.75, 3.05) is 20.1 Å². The van der Waals surface area contributed by atoms with Gasteiger partial charge in [0.2, 0.25) is 0 Å². The lowest BCUT2D eigenvalue weighted by Gasteiger charge is -2.21. The van der Waals surface area contributed by atoms with Crippen LogP contribution in [0.25, 0.3) is 0 Å². The minimum atomic E-state index is -0.773. The van der Waals surface area contributed by atoms with Gasteiger partial charge < -0.3 is 15.3 Å². The Balaban J connectivity index is 2.10. The standard InChI is InChI=1S/C14H26N2O3/c1-11(13(17)18)6-5-9-15-14(19)16(2)10-12-7-3-4-8-12/h11-12H,3-10H2,1-2H3,(H,15,19)(H,17,18). The lowest BCUT2D eigenvalue weighted by molar-refractivity contribution is -0.141. The Bertz CT molecular complexity index is 301. The maximum atomic E-state index is 11.8. The van der Waals surface area contributed by atoms with Crippen LogP contribution in [0.2, 0.25) is 0 Å². The predicted molar refractivity (Wildman–Crippen MR) is 74.0 cm³/mol. The van der Waals surface area contributed by atoms with Crippen LogP contribution in [0.3, 0.4) is 0 Å². The van der Waals surface area contributed by atoms with Gasteiger partial charge in [0.25, 0.3) is 0 Å². The summed E-state index contributed by atoms with van der Waals surface area (Å²) in [5.74, 6) is -0.458. The zero-order chi connectivity index (χ0) is 14.3. The lowest BCUT2D eigenvalue weighted by Crippen LogP contribution is -2.40. The second-order valence-electron chi connectivity index (χ2n) is 5.64. The molecule has 0 radical (unpaired) electrons. The molecule has 1 atom stereocenters. The number of nitrogens with one attached hydrogen (secondary N) is 1. The van der Waals surface area contributed by atoms with Gasteiger partial charge in [0, 0.05) is 20.1 Å². The van der Waals surface area contributed by atoms with Gasteiger partial charge in [0.05, 0.1) is 5.92 Å². The molecule has 1 aliphatic carbocycles. The number of rotatable bonds is 7. The van der Waals surface area contributed by atoms with Crippen molar-refractivity contribution in [3.63, 3.8) is 0 Å². The first kappa shape index (κ1) is 15.8. The number of carbonyl (C=O) groups excluding carboxylic acids is 1. The molecule has 110 valence electrons. The van der Waals surface area contributed by atoms with Gasteiger partial charge in [-0.05, 0) is 31.6 Å². The van der Waals surface area contributed by atoms with Crippen LogP contribution in [0.4, 0.5) is 4.79 Å². The minimum Gasteiger partial charge on any atom is -0.481 e. The smallest absolute Gasteiger partial charge is 0.317 e. The monoisotopic (exact) mass is 270 g/mol. The quantitative estimate of drug-likeness (QED) is 0.697. The highest BCUT2D eigenvalue weighted by atomic mass is 16.4. The van der Waals surface area contributed by atoms with Crippen LogP contribution >= 0.6 is 0 Å². The zero-order valence-corrected chi connectivity index (χ0v) is 12.0. The highest BCUT2D eigenvalue weighted by Crippen LogP contribution is 2.25. The highest BCUT2D eigenvalue weighted by Gasteiger charge is 2.19. The number of urea groups is 1. The van der Waals surface area contributed by atoms with E-state index in [4.69, 9.17) is 5.11 Å². The molecule has 0 saturated heterocycles. The number of nitrogens with zero attached hydrogens (tertiary/aromatic N) is 1. The van der Waals surface area contributed by atoms with E-state index in [2.05, 4.69) is 5.32 Å². The van der Waals surface area contributed by atoms with Crippen LogP contribution < -0.4 is 5.32 Å². The molecule has 1 rings (SSSR count). The molecule has 2 amide bonds. The maximum absolute atomic E-state index is 11.8. The molecular weight excluding hydrogens is 244 g/mol. The Morgan fingerprint density at radius 2 is 2.00 bits per heavy atom. The number of hydrogen-bond acceptors (Lipinski definition) is 2. The molecule has 1 saturated carbocycles. The molecule has 19 heavy (non-hydrogen) atoms. The first-order valence-corrected chi connectivity index (χ1v) is 7.22. The Labute approximate surface area is 115 Å². The second-order valence-corrected chi connectivity index (χ2v) is 5.64. The molecule has 1 aliphatic rings. The van der Waals surface area contributed by atoms with Crippen molar-refractivity contribution in [2.24, 2.45) is 11.8 Å². The highest BCUT2D eigenvalue weighted by molar-refractivity contribution is 5.73. The van der Waals surface area contributed by atoms with Crippen molar-refractivity contribution in [2.45, 2.75) is 45.4 Å². The molecule has 0 aromatic carbocycles. The van der Waals surface area contributed by atoms with Crippen molar-refractivity contribution >= 4 is 12.0 Å². The van der Waals surface area contributed by atoms with E-state index in [1.165, 1.54) is 25.7 Å². The molecule has 0 aromatic rings. The van der Waals surface area contributed by atoms with E-state index in [1.54, 1.807) is 11.8 Å². The average Bonchev–Trinajstić information content (AvgIpc) is 2.86. The zero-order valence-electron chi connectivity index (χ0n) is 12.0. The summed E-state index contributed by atoms with van der Waals surface area (Å²) in [6.45, 7) is 3.07. The third-order valence-corrected chi connectivity index (χ3v) is 3.87. The van der Waals surface area contributed by atoms with Crippen LogP contribution in [0, 0.1) is 11.8 Å². The molecule has 0 aromatic heterocycles. The van der Waals surface area contributed by atoms with Crippen LogP contribution in [-0.2, 0) is 4.79 Å². The Kier molecular flexibility index (Phi) is 6.67. The third-order valence-electron chi connectivity index (χ3n) is 3.87. The van der Waals surface area contributed by atoms with Crippen LogP contribution in [-0.4, -0.2) is 42.1 Å². The predicted octanol–water partition coefficient (Wildman–Crippen LogP) is 2.32. The normalized spacial score (nSPS) is 17.2. The molecule has 0 aliphatic heterocycles. The van der Waals surface area contributed by atoms with Gasteiger partial charge in [-0.25, -0.2) is 4.79 Å². The van der Waals surface area contributed by atoms with Gasteiger partial charge in [-0.15, -0.1) is 0 Å². The SMILES string of the molecule is CC(CCCNC(=O)N(C)CC1CCCC1)C(=O)O. The molecule has 0 spiro atoms. The fourth-order valence-corrected chi connectivity index (χ4v) is 2.53. The largest absolute Gasteiger partial charge is 0.481 e. The Hall–Kier alpha value is -1.26. The molecule has 0 bridgehead atoms. The van der Waals surface area contributed by atoms with E-state index < -0.39 is 5.97 Å². The van der Waals surface area contributed by atoms with E-state index in [0.29, 0.717) is 25.3 Å². The fraction of sp³-hybridized carbons (Fsp3) is 0.857. The summed E-state index contributed by atoms with van der Waals surface area (Å²) >= 11 is 0. The molecule has 0 heterocycles. The Morgan fingerprint density at radius 3 is 2.58 bits per heavy atom. The summed E-state index contributed by atoms with van der Waals surface area (Å²) in [5, 5.41) is 11.6. The first-order chi connectivity index (χ1) is 9.00.